The van der Waals surface area contributed by atoms with Gasteiger partial charge in [-0.2, -0.15) is 0 Å². The first-order valence-corrected chi connectivity index (χ1v) is 9.42. The number of amides is 1. The van der Waals surface area contributed by atoms with E-state index in [0.29, 0.717) is 42.8 Å². The van der Waals surface area contributed by atoms with Gasteiger partial charge in [0.15, 0.2) is 18.1 Å². The molecule has 7 heteroatoms. The lowest BCUT2D eigenvalue weighted by Gasteiger charge is -2.11. The van der Waals surface area contributed by atoms with Crippen LogP contribution in [0.1, 0.15) is 18.9 Å². The van der Waals surface area contributed by atoms with Gasteiger partial charge in [-0.3, -0.25) is 4.79 Å². The van der Waals surface area contributed by atoms with Crippen molar-refractivity contribution in [1.29, 1.82) is 0 Å². The number of hydrogen-bond donors (Lipinski definition) is 1. The molecular weight excluding hydrogens is 374 g/mol. The van der Waals surface area contributed by atoms with Gasteiger partial charge in [0, 0.05) is 12.5 Å². The molecule has 2 aromatic carbocycles. The minimum Gasteiger partial charge on any atom is -0.492 e. The fraction of sp³-hybridized carbons (Fsp3) is 0.273. The number of rotatable bonds is 7. The van der Waals surface area contributed by atoms with Gasteiger partial charge in [-0.15, -0.1) is 0 Å². The normalized spacial score (nSPS) is 12.9. The summed E-state index contributed by atoms with van der Waals surface area (Å²) in [6, 6.07) is 12.5. The average molecular weight is 397 g/mol. The van der Waals surface area contributed by atoms with Crippen molar-refractivity contribution in [2.75, 3.05) is 31.7 Å². The summed E-state index contributed by atoms with van der Waals surface area (Å²) in [5.74, 6) is 0.820. The minimum absolute atomic E-state index is 0.398. The summed E-state index contributed by atoms with van der Waals surface area (Å²) in [5, 5.41) is 2.67. The molecule has 0 fully saturated rings. The van der Waals surface area contributed by atoms with Gasteiger partial charge in [0.2, 0.25) is 0 Å². The highest BCUT2D eigenvalue weighted by atomic mass is 16.5. The molecule has 0 unspecified atom stereocenters. The molecular formula is C22H23NO6. The second-order valence-corrected chi connectivity index (χ2v) is 6.18. The number of hydrogen-bond acceptors (Lipinski definition) is 6. The topological polar surface area (TPSA) is 83.1 Å². The molecule has 0 spiro atoms. The van der Waals surface area contributed by atoms with Gasteiger partial charge in [0.1, 0.15) is 5.75 Å². The summed E-state index contributed by atoms with van der Waals surface area (Å²) in [5.41, 5.74) is 1.29. The van der Waals surface area contributed by atoms with Crippen LogP contribution in [0.3, 0.4) is 0 Å². The van der Waals surface area contributed by atoms with E-state index in [1.165, 1.54) is 6.08 Å². The Hall–Kier alpha value is -3.48. The fourth-order valence-corrected chi connectivity index (χ4v) is 2.67. The molecule has 152 valence electrons. The van der Waals surface area contributed by atoms with Crippen molar-refractivity contribution in [3.05, 3.63) is 54.1 Å². The van der Waals surface area contributed by atoms with Crippen molar-refractivity contribution >= 4 is 23.6 Å². The van der Waals surface area contributed by atoms with Gasteiger partial charge in [0.25, 0.3) is 5.91 Å². The fourth-order valence-electron chi connectivity index (χ4n) is 2.67. The van der Waals surface area contributed by atoms with Crippen molar-refractivity contribution in [2.45, 2.75) is 13.3 Å². The summed E-state index contributed by atoms with van der Waals surface area (Å²) in [6.07, 6.45) is 3.68. The summed E-state index contributed by atoms with van der Waals surface area (Å²) in [7, 11) is 0. The van der Waals surface area contributed by atoms with Gasteiger partial charge in [-0.1, -0.05) is 18.2 Å². The monoisotopic (exact) mass is 397 g/mol. The molecule has 7 nitrogen and oxygen atoms in total. The Labute approximate surface area is 169 Å². The first kappa shape index (κ1) is 20.3. The highest BCUT2D eigenvalue weighted by Crippen LogP contribution is 2.30. The number of para-hydroxylation sites is 2. The molecule has 1 N–H and O–H groups in total. The predicted octanol–water partition coefficient (Wildman–Crippen LogP) is 3.44. The molecule has 0 aliphatic carbocycles. The van der Waals surface area contributed by atoms with Gasteiger partial charge in [-0.25, -0.2) is 4.79 Å². The van der Waals surface area contributed by atoms with E-state index in [9.17, 15) is 9.59 Å². The van der Waals surface area contributed by atoms with Gasteiger partial charge in [-0.05, 0) is 42.8 Å². The third kappa shape index (κ3) is 6.00. The Morgan fingerprint density at radius 2 is 1.90 bits per heavy atom. The lowest BCUT2D eigenvalue weighted by atomic mass is 10.2. The Morgan fingerprint density at radius 3 is 2.72 bits per heavy atom. The summed E-state index contributed by atoms with van der Waals surface area (Å²) < 4.78 is 21.6. The van der Waals surface area contributed by atoms with E-state index in [2.05, 4.69) is 5.32 Å². The number of fused-ring (bicyclic) bond motifs is 1. The van der Waals surface area contributed by atoms with Crippen LogP contribution in [-0.2, 0) is 14.3 Å². The van der Waals surface area contributed by atoms with Crippen molar-refractivity contribution in [3.63, 3.8) is 0 Å². The first-order valence-electron chi connectivity index (χ1n) is 9.42. The third-order valence-corrected chi connectivity index (χ3v) is 3.99. The maximum absolute atomic E-state index is 12.0. The molecule has 3 rings (SSSR count). The molecule has 0 bridgehead atoms. The molecule has 0 radical (unpaired) electrons. The molecule has 0 saturated carbocycles. The summed E-state index contributed by atoms with van der Waals surface area (Å²) in [6.45, 7) is 3.14. The smallest absolute Gasteiger partial charge is 0.331 e. The molecule has 0 aromatic heterocycles. The van der Waals surface area contributed by atoms with Crippen molar-refractivity contribution in [3.8, 4) is 17.2 Å². The van der Waals surface area contributed by atoms with Crippen LogP contribution < -0.4 is 19.5 Å². The van der Waals surface area contributed by atoms with Crippen molar-refractivity contribution in [1.82, 2.24) is 0 Å². The summed E-state index contributed by atoms with van der Waals surface area (Å²) in [4.78, 5) is 24.0. The van der Waals surface area contributed by atoms with E-state index in [1.807, 2.05) is 19.1 Å². The Kier molecular flexibility index (Phi) is 7.10. The second kappa shape index (κ2) is 10.2. The van der Waals surface area contributed by atoms with Gasteiger partial charge in [0.05, 0.1) is 25.5 Å². The van der Waals surface area contributed by atoms with Crippen LogP contribution in [0.15, 0.2) is 48.5 Å². The molecule has 1 amide bonds. The van der Waals surface area contributed by atoms with E-state index in [4.69, 9.17) is 18.9 Å². The van der Waals surface area contributed by atoms with E-state index in [-0.39, 0.29) is 0 Å². The van der Waals surface area contributed by atoms with E-state index in [1.54, 1.807) is 36.4 Å². The Morgan fingerprint density at radius 1 is 1.10 bits per heavy atom. The highest BCUT2D eigenvalue weighted by Gasteiger charge is 2.11. The number of carbonyl (C=O) groups excluding carboxylic acids is 2. The zero-order valence-corrected chi connectivity index (χ0v) is 16.2. The molecule has 2 aromatic rings. The zero-order chi connectivity index (χ0) is 20.5. The molecule has 1 aliphatic heterocycles. The molecule has 0 atom stereocenters. The molecule has 0 saturated heterocycles. The lowest BCUT2D eigenvalue weighted by molar-refractivity contribution is -0.142. The number of ether oxygens (including phenoxy) is 4. The third-order valence-electron chi connectivity index (χ3n) is 3.99. The number of carbonyl (C=O) groups is 2. The van der Waals surface area contributed by atoms with E-state index >= 15 is 0 Å². The van der Waals surface area contributed by atoms with Crippen LogP contribution in [0.5, 0.6) is 17.2 Å². The Balaban J connectivity index is 1.51. The number of anilines is 1. The number of esters is 1. The SMILES string of the molecule is CCOc1ccccc1NC(=O)COC(=O)/C=C/c1ccc2c(c1)OCCCO2. The summed E-state index contributed by atoms with van der Waals surface area (Å²) >= 11 is 0. The molecule has 29 heavy (non-hydrogen) atoms. The second-order valence-electron chi connectivity index (χ2n) is 6.18. The quantitative estimate of drug-likeness (QED) is 0.569. The first-order chi connectivity index (χ1) is 14.2. The van der Waals surface area contributed by atoms with Gasteiger partial charge >= 0.3 is 5.97 Å². The van der Waals surface area contributed by atoms with Crippen LogP contribution >= 0.6 is 0 Å². The highest BCUT2D eigenvalue weighted by molar-refractivity contribution is 5.95. The minimum atomic E-state index is -0.620. The lowest BCUT2D eigenvalue weighted by Crippen LogP contribution is -2.20. The van der Waals surface area contributed by atoms with Crippen molar-refractivity contribution in [2.24, 2.45) is 0 Å². The van der Waals surface area contributed by atoms with Crippen LogP contribution in [0, 0.1) is 0 Å². The van der Waals surface area contributed by atoms with Crippen LogP contribution in [0.2, 0.25) is 0 Å². The van der Waals surface area contributed by atoms with Crippen LogP contribution in [0.25, 0.3) is 6.08 Å². The molecule has 1 heterocycles. The number of benzene rings is 2. The molecule has 1 aliphatic rings. The standard InChI is InChI=1S/C22H23NO6/c1-2-26-18-7-4-3-6-17(18)23-21(24)15-29-22(25)11-9-16-8-10-19-20(14-16)28-13-5-12-27-19/h3-4,6-11,14H,2,5,12-13,15H2,1H3,(H,23,24)/b11-9+. The maximum Gasteiger partial charge on any atom is 0.331 e. The zero-order valence-electron chi connectivity index (χ0n) is 16.2. The predicted molar refractivity (Wildman–Crippen MR) is 108 cm³/mol. The largest absolute Gasteiger partial charge is 0.492 e. The van der Waals surface area contributed by atoms with Crippen LogP contribution in [-0.4, -0.2) is 38.3 Å². The Bertz CT molecular complexity index is 893. The van der Waals surface area contributed by atoms with Crippen molar-refractivity contribution < 1.29 is 28.5 Å². The average Bonchev–Trinajstić information content (AvgIpc) is 2.97. The number of nitrogens with one attached hydrogen (secondary N) is 1. The van der Waals surface area contributed by atoms with Crippen LogP contribution in [0.4, 0.5) is 5.69 Å². The van der Waals surface area contributed by atoms with E-state index in [0.717, 1.165) is 12.0 Å². The maximum atomic E-state index is 12.0. The van der Waals surface area contributed by atoms with Gasteiger partial charge < -0.3 is 24.3 Å². The van der Waals surface area contributed by atoms with E-state index < -0.39 is 18.5 Å².